The van der Waals surface area contributed by atoms with Crippen molar-refractivity contribution in [2.24, 2.45) is 0 Å². The first-order chi connectivity index (χ1) is 8.95. The van der Waals surface area contributed by atoms with Crippen LogP contribution in [0.3, 0.4) is 0 Å². The number of benzene rings is 1. The number of anilines is 1. The normalized spacial score (nSPS) is 20.4. The fraction of sp³-hybridized carbons (Fsp3) is 0.273. The number of aromatic amines is 1. The van der Waals surface area contributed by atoms with Gasteiger partial charge >= 0.3 is 10.2 Å². The second kappa shape index (κ2) is 4.02. The van der Waals surface area contributed by atoms with E-state index in [-0.39, 0.29) is 18.9 Å². The summed E-state index contributed by atoms with van der Waals surface area (Å²) in [6.45, 7) is -0.211. The van der Waals surface area contributed by atoms with Crippen LogP contribution in [0.4, 0.5) is 9.83 Å². The van der Waals surface area contributed by atoms with Crippen molar-refractivity contribution in [2.45, 2.75) is 11.7 Å². The third-order valence-corrected chi connectivity index (χ3v) is 4.23. The van der Waals surface area contributed by atoms with E-state index in [0.717, 1.165) is 5.52 Å². The molecule has 3 rings (SSSR count). The van der Waals surface area contributed by atoms with Crippen molar-refractivity contribution in [1.29, 1.82) is 0 Å². The van der Waals surface area contributed by atoms with Crippen LogP contribution in [0.5, 0.6) is 0 Å². The van der Waals surface area contributed by atoms with E-state index in [9.17, 15) is 17.1 Å². The van der Waals surface area contributed by atoms with Crippen LogP contribution in [-0.4, -0.2) is 36.1 Å². The predicted octanol–water partition coefficient (Wildman–Crippen LogP) is 0.967. The number of hydrogen-bond donors (Lipinski definition) is 1. The molecule has 8 heteroatoms. The second-order valence-corrected chi connectivity index (χ2v) is 6.00. The minimum absolute atomic E-state index is 0.211. The largest absolute Gasteiger partial charge is 0.324 e. The lowest BCUT2D eigenvalue weighted by Crippen LogP contribution is -2.27. The fourth-order valence-electron chi connectivity index (χ4n) is 2.14. The van der Waals surface area contributed by atoms with E-state index < -0.39 is 21.4 Å². The molecular formula is C11H10FN3O3S. The smallest absolute Gasteiger partial charge is 0.307 e. The average molecular weight is 283 g/mol. The maximum atomic E-state index is 12.9. The zero-order valence-corrected chi connectivity index (χ0v) is 10.5. The number of fused-ring (bicyclic) bond motifs is 1. The molecule has 1 aliphatic rings. The van der Waals surface area contributed by atoms with Gasteiger partial charge in [-0.05, 0) is 12.1 Å². The minimum atomic E-state index is -4.71. The number of hydrogen-bond acceptors (Lipinski definition) is 4. The summed E-state index contributed by atoms with van der Waals surface area (Å²) in [6.07, 6.45) is -0.351. The summed E-state index contributed by atoms with van der Waals surface area (Å²) >= 11 is 0. The van der Waals surface area contributed by atoms with Gasteiger partial charge in [-0.15, -0.1) is 3.89 Å². The van der Waals surface area contributed by atoms with Gasteiger partial charge in [0.25, 0.3) is 0 Å². The van der Waals surface area contributed by atoms with Crippen LogP contribution in [0.1, 0.15) is 6.42 Å². The van der Waals surface area contributed by atoms with Gasteiger partial charge in [-0.3, -0.25) is 9.69 Å². The van der Waals surface area contributed by atoms with Gasteiger partial charge in [0.05, 0.1) is 11.0 Å². The molecule has 2 heterocycles. The molecule has 1 aromatic heterocycles. The minimum Gasteiger partial charge on any atom is -0.324 e. The zero-order valence-electron chi connectivity index (χ0n) is 9.71. The predicted molar refractivity (Wildman–Crippen MR) is 66.9 cm³/mol. The third kappa shape index (κ3) is 2.07. The number of halogens is 1. The van der Waals surface area contributed by atoms with E-state index in [1.54, 1.807) is 18.2 Å². The number of nitrogens with zero attached hydrogens (tertiary/aromatic N) is 2. The van der Waals surface area contributed by atoms with Crippen molar-refractivity contribution in [3.8, 4) is 0 Å². The standard InChI is InChI=1S/C11H10FN3O3S/c12-19(17,18)7-5-10(16)15(6-7)11-13-8-3-1-2-4-9(8)14-11/h1-4,7H,5-6H2,(H,13,14). The van der Waals surface area contributed by atoms with Crippen molar-refractivity contribution in [3.05, 3.63) is 24.3 Å². The number of carbonyl (C=O) groups is 1. The first-order valence-electron chi connectivity index (χ1n) is 5.64. The van der Waals surface area contributed by atoms with E-state index >= 15 is 0 Å². The summed E-state index contributed by atoms with van der Waals surface area (Å²) < 4.78 is 34.6. The molecular weight excluding hydrogens is 273 g/mol. The van der Waals surface area contributed by atoms with E-state index in [0.29, 0.717) is 5.52 Å². The molecule has 1 aliphatic heterocycles. The van der Waals surface area contributed by atoms with E-state index in [1.807, 2.05) is 6.07 Å². The molecule has 1 saturated heterocycles. The summed E-state index contributed by atoms with van der Waals surface area (Å²) in [5, 5.41) is -1.31. The van der Waals surface area contributed by atoms with Gasteiger partial charge in [-0.1, -0.05) is 12.1 Å². The maximum Gasteiger partial charge on any atom is 0.307 e. The number of rotatable bonds is 2. The number of carbonyl (C=O) groups excluding carboxylic acids is 1. The highest BCUT2D eigenvalue weighted by atomic mass is 32.3. The maximum absolute atomic E-state index is 12.9. The Balaban J connectivity index is 1.96. The number of imidazole rings is 1. The lowest BCUT2D eigenvalue weighted by molar-refractivity contribution is -0.117. The molecule has 0 saturated carbocycles. The third-order valence-electron chi connectivity index (χ3n) is 3.12. The summed E-state index contributed by atoms with van der Waals surface area (Å²) in [5.41, 5.74) is 1.40. The topological polar surface area (TPSA) is 83.1 Å². The number of H-pyrrole nitrogens is 1. The Labute approximate surface area is 108 Å². The lowest BCUT2D eigenvalue weighted by Gasteiger charge is -2.11. The van der Waals surface area contributed by atoms with Crippen LogP contribution in [0.15, 0.2) is 24.3 Å². The number of amides is 1. The SMILES string of the molecule is O=C1CC(S(=O)(=O)F)CN1c1nc2ccccc2[nH]1. The molecule has 1 amide bonds. The Morgan fingerprint density at radius 3 is 2.74 bits per heavy atom. The fourth-order valence-corrected chi connectivity index (χ4v) is 2.80. The summed E-state index contributed by atoms with van der Waals surface area (Å²) in [7, 11) is -4.71. The summed E-state index contributed by atoms with van der Waals surface area (Å²) in [6, 6.07) is 7.16. The second-order valence-electron chi connectivity index (χ2n) is 4.38. The van der Waals surface area contributed by atoms with Gasteiger partial charge in [-0.25, -0.2) is 4.98 Å². The Bertz CT molecular complexity index is 722. The molecule has 100 valence electrons. The Morgan fingerprint density at radius 1 is 1.37 bits per heavy atom. The van der Waals surface area contributed by atoms with Crippen LogP contribution in [0.25, 0.3) is 11.0 Å². The highest BCUT2D eigenvalue weighted by Crippen LogP contribution is 2.25. The molecule has 0 aliphatic carbocycles. The van der Waals surface area contributed by atoms with Crippen LogP contribution in [0.2, 0.25) is 0 Å². The van der Waals surface area contributed by atoms with Crippen molar-refractivity contribution >= 4 is 33.1 Å². The highest BCUT2D eigenvalue weighted by Gasteiger charge is 2.40. The molecule has 1 aromatic carbocycles. The molecule has 6 nitrogen and oxygen atoms in total. The number of nitrogens with one attached hydrogen (secondary N) is 1. The molecule has 19 heavy (non-hydrogen) atoms. The first kappa shape index (κ1) is 12.1. The molecule has 0 radical (unpaired) electrons. The molecule has 2 aromatic rings. The van der Waals surface area contributed by atoms with Gasteiger partial charge in [0, 0.05) is 13.0 Å². The lowest BCUT2D eigenvalue weighted by atomic mass is 10.3. The van der Waals surface area contributed by atoms with E-state index in [1.165, 1.54) is 4.90 Å². The summed E-state index contributed by atoms with van der Waals surface area (Å²) in [5.74, 6) is -0.206. The van der Waals surface area contributed by atoms with E-state index in [4.69, 9.17) is 0 Å². The molecule has 1 fully saturated rings. The van der Waals surface area contributed by atoms with Crippen molar-refractivity contribution < 1.29 is 17.1 Å². The van der Waals surface area contributed by atoms with Gasteiger partial charge < -0.3 is 4.98 Å². The first-order valence-corrected chi connectivity index (χ1v) is 7.08. The Kier molecular flexibility index (Phi) is 2.56. The number of para-hydroxylation sites is 2. The van der Waals surface area contributed by atoms with Crippen LogP contribution in [0, 0.1) is 0 Å². The van der Waals surface area contributed by atoms with Crippen molar-refractivity contribution in [2.75, 3.05) is 11.4 Å². The molecule has 1 unspecified atom stereocenters. The zero-order chi connectivity index (χ0) is 13.6. The van der Waals surface area contributed by atoms with E-state index in [2.05, 4.69) is 9.97 Å². The van der Waals surface area contributed by atoms with Crippen LogP contribution < -0.4 is 4.90 Å². The highest BCUT2D eigenvalue weighted by molar-refractivity contribution is 7.87. The van der Waals surface area contributed by atoms with Gasteiger partial charge in [0.1, 0.15) is 5.25 Å². The molecule has 0 bridgehead atoms. The number of aromatic nitrogens is 2. The van der Waals surface area contributed by atoms with Gasteiger partial charge in [0.15, 0.2) is 0 Å². The molecule has 1 N–H and O–H groups in total. The van der Waals surface area contributed by atoms with Gasteiger partial charge in [-0.2, -0.15) is 8.42 Å². The van der Waals surface area contributed by atoms with Gasteiger partial charge in [0.2, 0.25) is 11.9 Å². The monoisotopic (exact) mass is 283 g/mol. The average Bonchev–Trinajstić information content (AvgIpc) is 2.90. The van der Waals surface area contributed by atoms with Crippen molar-refractivity contribution in [1.82, 2.24) is 9.97 Å². The molecule has 0 spiro atoms. The molecule has 1 atom stereocenters. The van der Waals surface area contributed by atoms with Crippen LogP contribution in [-0.2, 0) is 15.0 Å². The Morgan fingerprint density at radius 2 is 2.11 bits per heavy atom. The summed E-state index contributed by atoms with van der Waals surface area (Å²) in [4.78, 5) is 20.0. The quantitative estimate of drug-likeness (QED) is 0.832. The Hall–Kier alpha value is -1.96. The van der Waals surface area contributed by atoms with Crippen LogP contribution >= 0.6 is 0 Å². The van der Waals surface area contributed by atoms with Crippen molar-refractivity contribution in [3.63, 3.8) is 0 Å².